The van der Waals surface area contributed by atoms with E-state index >= 15 is 0 Å². The molecule has 1 aliphatic rings. The summed E-state index contributed by atoms with van der Waals surface area (Å²) in [4.78, 5) is 25.8. The Morgan fingerprint density at radius 2 is 1.50 bits per heavy atom. The molecule has 0 N–H and O–H groups in total. The Labute approximate surface area is 97.3 Å². The van der Waals surface area contributed by atoms with Crippen molar-refractivity contribution in [1.82, 2.24) is 9.80 Å². The van der Waals surface area contributed by atoms with E-state index in [2.05, 4.69) is 4.74 Å². The Kier molecular flexibility index (Phi) is 7.33. The van der Waals surface area contributed by atoms with Gasteiger partial charge >= 0.3 is 6.09 Å². The number of carbonyl (C=O) groups excluding carboxylic acids is 2. The van der Waals surface area contributed by atoms with E-state index in [-0.39, 0.29) is 12.0 Å². The molecule has 0 aromatic carbocycles. The van der Waals surface area contributed by atoms with Gasteiger partial charge in [0, 0.05) is 32.6 Å². The highest BCUT2D eigenvalue weighted by Crippen LogP contribution is 2.04. The van der Waals surface area contributed by atoms with Crippen LogP contribution in [0.1, 0.15) is 27.2 Å². The molecule has 0 aromatic rings. The lowest BCUT2D eigenvalue weighted by atomic mass is 10.3. The SMILES string of the molecule is CC.CCC(=O)N1CCN(C(=O)OC)CC1. The molecule has 0 atom stereocenters. The molecule has 5 heteroatoms. The van der Waals surface area contributed by atoms with Gasteiger partial charge in [-0.3, -0.25) is 4.79 Å². The smallest absolute Gasteiger partial charge is 0.409 e. The molecule has 0 aromatic heterocycles. The van der Waals surface area contributed by atoms with Gasteiger partial charge in [0.25, 0.3) is 0 Å². The third-order valence-corrected chi connectivity index (χ3v) is 2.37. The van der Waals surface area contributed by atoms with Crippen molar-refractivity contribution in [3.63, 3.8) is 0 Å². The van der Waals surface area contributed by atoms with Gasteiger partial charge in [0.1, 0.15) is 0 Å². The zero-order valence-corrected chi connectivity index (χ0v) is 10.7. The quantitative estimate of drug-likeness (QED) is 0.683. The van der Waals surface area contributed by atoms with E-state index in [1.165, 1.54) is 7.11 Å². The molecule has 0 radical (unpaired) electrons. The molecule has 0 unspecified atom stereocenters. The summed E-state index contributed by atoms with van der Waals surface area (Å²) in [6, 6.07) is 0. The van der Waals surface area contributed by atoms with Crippen LogP contribution in [0.5, 0.6) is 0 Å². The normalized spacial score (nSPS) is 15.0. The van der Waals surface area contributed by atoms with Gasteiger partial charge in [-0.1, -0.05) is 20.8 Å². The van der Waals surface area contributed by atoms with Crippen molar-refractivity contribution in [3.8, 4) is 0 Å². The van der Waals surface area contributed by atoms with Gasteiger partial charge < -0.3 is 14.5 Å². The van der Waals surface area contributed by atoms with E-state index in [1.807, 2.05) is 20.8 Å². The topological polar surface area (TPSA) is 49.9 Å². The zero-order chi connectivity index (χ0) is 12.6. The summed E-state index contributed by atoms with van der Waals surface area (Å²) in [7, 11) is 1.37. The fraction of sp³-hybridized carbons (Fsp3) is 0.818. The van der Waals surface area contributed by atoms with Gasteiger partial charge in [0.2, 0.25) is 5.91 Å². The predicted octanol–water partition coefficient (Wildman–Crippen LogP) is 1.33. The highest BCUT2D eigenvalue weighted by Gasteiger charge is 2.23. The molecule has 1 rings (SSSR count). The highest BCUT2D eigenvalue weighted by molar-refractivity contribution is 5.76. The molecular weight excluding hydrogens is 208 g/mol. The monoisotopic (exact) mass is 230 g/mol. The minimum absolute atomic E-state index is 0.148. The summed E-state index contributed by atoms with van der Waals surface area (Å²) in [6.45, 7) is 8.20. The molecule has 5 nitrogen and oxygen atoms in total. The Morgan fingerprint density at radius 3 is 1.88 bits per heavy atom. The second kappa shape index (κ2) is 7.96. The van der Waals surface area contributed by atoms with E-state index in [0.29, 0.717) is 32.6 Å². The summed E-state index contributed by atoms with van der Waals surface area (Å²) in [6.07, 6.45) is 0.215. The van der Waals surface area contributed by atoms with Gasteiger partial charge in [-0.05, 0) is 0 Å². The van der Waals surface area contributed by atoms with Crippen LogP contribution in [0.3, 0.4) is 0 Å². The maximum atomic E-state index is 11.3. The summed E-state index contributed by atoms with van der Waals surface area (Å²) in [5.41, 5.74) is 0. The summed E-state index contributed by atoms with van der Waals surface area (Å²) >= 11 is 0. The molecule has 2 amide bonds. The number of amides is 2. The Morgan fingerprint density at radius 1 is 1.06 bits per heavy atom. The van der Waals surface area contributed by atoms with Crippen LogP contribution in [-0.2, 0) is 9.53 Å². The first kappa shape index (κ1) is 14.7. The Hall–Kier alpha value is -1.26. The second-order valence-electron chi connectivity index (χ2n) is 3.19. The van der Waals surface area contributed by atoms with Crippen LogP contribution >= 0.6 is 0 Å². The summed E-state index contributed by atoms with van der Waals surface area (Å²) in [5.74, 6) is 0.148. The lowest BCUT2D eigenvalue weighted by Crippen LogP contribution is -2.50. The van der Waals surface area contributed by atoms with Gasteiger partial charge in [-0.25, -0.2) is 4.79 Å². The van der Waals surface area contributed by atoms with Crippen LogP contribution in [-0.4, -0.2) is 55.1 Å². The van der Waals surface area contributed by atoms with Crippen LogP contribution in [0, 0.1) is 0 Å². The number of methoxy groups -OCH3 is 1. The third kappa shape index (κ3) is 4.08. The molecule has 0 aliphatic carbocycles. The third-order valence-electron chi connectivity index (χ3n) is 2.37. The first-order chi connectivity index (χ1) is 7.69. The average molecular weight is 230 g/mol. The van der Waals surface area contributed by atoms with E-state index in [1.54, 1.807) is 9.80 Å². The molecule has 1 fully saturated rings. The van der Waals surface area contributed by atoms with Crippen LogP contribution < -0.4 is 0 Å². The van der Waals surface area contributed by atoms with Crippen molar-refractivity contribution in [2.24, 2.45) is 0 Å². The van der Waals surface area contributed by atoms with Crippen LogP contribution in [0.15, 0.2) is 0 Å². The zero-order valence-electron chi connectivity index (χ0n) is 10.7. The average Bonchev–Trinajstić information content (AvgIpc) is 2.39. The van der Waals surface area contributed by atoms with Crippen molar-refractivity contribution in [2.45, 2.75) is 27.2 Å². The van der Waals surface area contributed by atoms with Gasteiger partial charge in [0.15, 0.2) is 0 Å². The number of hydrogen-bond donors (Lipinski definition) is 0. The number of rotatable bonds is 1. The maximum absolute atomic E-state index is 11.3. The first-order valence-electron chi connectivity index (χ1n) is 5.79. The molecule has 0 saturated carbocycles. The predicted molar refractivity (Wildman–Crippen MR) is 62.2 cm³/mol. The number of ether oxygens (including phenoxy) is 1. The fourth-order valence-electron chi connectivity index (χ4n) is 1.49. The number of carbonyl (C=O) groups is 2. The van der Waals surface area contributed by atoms with Crippen molar-refractivity contribution < 1.29 is 14.3 Å². The van der Waals surface area contributed by atoms with E-state index in [0.717, 1.165) is 0 Å². The number of nitrogens with zero attached hydrogens (tertiary/aromatic N) is 2. The van der Waals surface area contributed by atoms with Gasteiger partial charge in [0.05, 0.1) is 7.11 Å². The summed E-state index contributed by atoms with van der Waals surface area (Å²) < 4.78 is 4.60. The van der Waals surface area contributed by atoms with E-state index in [4.69, 9.17) is 0 Å². The first-order valence-corrected chi connectivity index (χ1v) is 5.79. The van der Waals surface area contributed by atoms with Crippen molar-refractivity contribution >= 4 is 12.0 Å². The molecule has 1 aliphatic heterocycles. The van der Waals surface area contributed by atoms with Gasteiger partial charge in [-0.2, -0.15) is 0 Å². The molecule has 0 spiro atoms. The Bertz CT molecular complexity index is 199. The molecule has 1 saturated heterocycles. The molecule has 0 bridgehead atoms. The maximum Gasteiger partial charge on any atom is 0.409 e. The van der Waals surface area contributed by atoms with Crippen molar-refractivity contribution in [3.05, 3.63) is 0 Å². The lowest BCUT2D eigenvalue weighted by molar-refractivity contribution is -0.132. The number of piperazine rings is 1. The van der Waals surface area contributed by atoms with Crippen molar-refractivity contribution in [1.29, 1.82) is 0 Å². The molecule has 16 heavy (non-hydrogen) atoms. The standard InChI is InChI=1S/C9H16N2O3.C2H6/c1-3-8(12)10-4-6-11(7-5-10)9(13)14-2;1-2/h3-7H2,1-2H3;1-2H3. The largest absolute Gasteiger partial charge is 0.453 e. The minimum Gasteiger partial charge on any atom is -0.453 e. The molecular formula is C11H22N2O3. The van der Waals surface area contributed by atoms with Crippen LogP contribution in [0.25, 0.3) is 0 Å². The highest BCUT2D eigenvalue weighted by atomic mass is 16.5. The Balaban J connectivity index is 0.00000106. The van der Waals surface area contributed by atoms with Gasteiger partial charge in [-0.15, -0.1) is 0 Å². The van der Waals surface area contributed by atoms with Crippen LogP contribution in [0.4, 0.5) is 4.79 Å². The fourth-order valence-corrected chi connectivity index (χ4v) is 1.49. The number of hydrogen-bond acceptors (Lipinski definition) is 3. The summed E-state index contributed by atoms with van der Waals surface area (Å²) in [5, 5.41) is 0. The lowest BCUT2D eigenvalue weighted by Gasteiger charge is -2.33. The molecule has 1 heterocycles. The van der Waals surface area contributed by atoms with Crippen LogP contribution in [0.2, 0.25) is 0 Å². The molecule has 94 valence electrons. The minimum atomic E-state index is -0.311. The second-order valence-corrected chi connectivity index (χ2v) is 3.19. The van der Waals surface area contributed by atoms with E-state index < -0.39 is 0 Å². The van der Waals surface area contributed by atoms with Crippen molar-refractivity contribution in [2.75, 3.05) is 33.3 Å². The van der Waals surface area contributed by atoms with E-state index in [9.17, 15) is 9.59 Å².